The van der Waals surface area contributed by atoms with Crippen LogP contribution in [0.4, 0.5) is 10.2 Å². The fraction of sp³-hybridized carbons (Fsp3) is 0.235. The Labute approximate surface area is 133 Å². The minimum absolute atomic E-state index is 0.274. The molecule has 0 unspecified atom stereocenters. The predicted molar refractivity (Wildman–Crippen MR) is 85.5 cm³/mol. The molecule has 0 radical (unpaired) electrons. The summed E-state index contributed by atoms with van der Waals surface area (Å²) in [6.07, 6.45) is 0. The van der Waals surface area contributed by atoms with Gasteiger partial charge in [-0.2, -0.15) is 0 Å². The van der Waals surface area contributed by atoms with Gasteiger partial charge in [-0.15, -0.1) is 0 Å². The maximum atomic E-state index is 13.0. The molecule has 0 bridgehead atoms. The van der Waals surface area contributed by atoms with Crippen molar-refractivity contribution < 1.29 is 8.91 Å². The van der Waals surface area contributed by atoms with E-state index < -0.39 is 0 Å². The Morgan fingerprint density at radius 1 is 1.09 bits per heavy atom. The first-order chi connectivity index (χ1) is 11.0. The van der Waals surface area contributed by atoms with Crippen LogP contribution in [0.3, 0.4) is 0 Å². The third kappa shape index (κ3) is 3.36. The molecule has 0 aliphatic rings. The zero-order valence-corrected chi connectivity index (χ0v) is 13.2. The molecule has 0 spiro atoms. The second-order valence-electron chi connectivity index (χ2n) is 5.37. The summed E-state index contributed by atoms with van der Waals surface area (Å²) < 4.78 is 18.3. The fourth-order valence-corrected chi connectivity index (χ4v) is 2.26. The summed E-state index contributed by atoms with van der Waals surface area (Å²) in [5.74, 6) is 1.91. The SMILES string of the molecule is Cc1nc(C)c(C)c(NCc2cc(-c3ccc(F)cc3)no2)n1. The summed E-state index contributed by atoms with van der Waals surface area (Å²) in [4.78, 5) is 8.72. The average Bonchev–Trinajstić information content (AvgIpc) is 2.99. The number of rotatable bonds is 4. The lowest BCUT2D eigenvalue weighted by atomic mass is 10.1. The Morgan fingerprint density at radius 3 is 2.57 bits per heavy atom. The zero-order chi connectivity index (χ0) is 16.4. The second kappa shape index (κ2) is 6.16. The van der Waals surface area contributed by atoms with E-state index in [0.717, 1.165) is 28.5 Å². The average molecular weight is 312 g/mol. The summed E-state index contributed by atoms with van der Waals surface area (Å²) in [5, 5.41) is 7.26. The van der Waals surface area contributed by atoms with Crippen LogP contribution in [-0.4, -0.2) is 15.1 Å². The van der Waals surface area contributed by atoms with Gasteiger partial charge in [0.15, 0.2) is 5.76 Å². The highest BCUT2D eigenvalue weighted by atomic mass is 19.1. The van der Waals surface area contributed by atoms with Gasteiger partial charge in [-0.1, -0.05) is 5.16 Å². The molecule has 0 atom stereocenters. The van der Waals surface area contributed by atoms with Crippen molar-refractivity contribution in [1.29, 1.82) is 0 Å². The summed E-state index contributed by atoms with van der Waals surface area (Å²) in [5.41, 5.74) is 3.44. The van der Waals surface area contributed by atoms with E-state index in [-0.39, 0.29) is 5.82 Å². The van der Waals surface area contributed by atoms with Crippen molar-refractivity contribution in [3.05, 3.63) is 59.0 Å². The number of benzene rings is 1. The normalized spacial score (nSPS) is 10.8. The molecule has 3 aromatic rings. The number of halogens is 1. The molecule has 0 aliphatic carbocycles. The smallest absolute Gasteiger partial charge is 0.156 e. The summed E-state index contributed by atoms with van der Waals surface area (Å²) in [7, 11) is 0. The molecule has 2 heterocycles. The minimum Gasteiger partial charge on any atom is -0.362 e. The monoisotopic (exact) mass is 312 g/mol. The zero-order valence-electron chi connectivity index (χ0n) is 13.2. The Bertz CT molecular complexity index is 827. The fourth-order valence-electron chi connectivity index (χ4n) is 2.26. The van der Waals surface area contributed by atoms with Crippen LogP contribution in [0, 0.1) is 26.6 Å². The van der Waals surface area contributed by atoms with Gasteiger partial charge in [0.05, 0.1) is 6.54 Å². The van der Waals surface area contributed by atoms with E-state index in [0.29, 0.717) is 18.0 Å². The van der Waals surface area contributed by atoms with E-state index in [2.05, 4.69) is 20.4 Å². The van der Waals surface area contributed by atoms with Crippen molar-refractivity contribution in [2.45, 2.75) is 27.3 Å². The van der Waals surface area contributed by atoms with E-state index in [1.54, 1.807) is 12.1 Å². The second-order valence-corrected chi connectivity index (χ2v) is 5.37. The lowest BCUT2D eigenvalue weighted by Gasteiger charge is -2.09. The Kier molecular flexibility index (Phi) is 4.06. The van der Waals surface area contributed by atoms with Crippen LogP contribution < -0.4 is 5.32 Å². The highest BCUT2D eigenvalue weighted by Gasteiger charge is 2.09. The summed E-state index contributed by atoms with van der Waals surface area (Å²) >= 11 is 0. The first-order valence-electron chi connectivity index (χ1n) is 7.30. The first-order valence-corrected chi connectivity index (χ1v) is 7.30. The molecule has 1 aromatic carbocycles. The number of anilines is 1. The van der Waals surface area contributed by atoms with Crippen molar-refractivity contribution in [3.8, 4) is 11.3 Å². The number of nitrogens with zero attached hydrogens (tertiary/aromatic N) is 3. The van der Waals surface area contributed by atoms with Crippen LogP contribution in [0.1, 0.15) is 22.8 Å². The van der Waals surface area contributed by atoms with Crippen LogP contribution in [0.5, 0.6) is 0 Å². The lowest BCUT2D eigenvalue weighted by molar-refractivity contribution is 0.390. The van der Waals surface area contributed by atoms with Gasteiger partial charge >= 0.3 is 0 Å². The van der Waals surface area contributed by atoms with Crippen molar-refractivity contribution >= 4 is 5.82 Å². The molecular formula is C17H17FN4O. The van der Waals surface area contributed by atoms with Gasteiger partial charge in [0, 0.05) is 22.9 Å². The number of nitrogens with one attached hydrogen (secondary N) is 1. The van der Waals surface area contributed by atoms with Crippen molar-refractivity contribution in [3.63, 3.8) is 0 Å². The summed E-state index contributed by atoms with van der Waals surface area (Å²) in [6.45, 7) is 6.25. The van der Waals surface area contributed by atoms with E-state index >= 15 is 0 Å². The molecule has 23 heavy (non-hydrogen) atoms. The molecule has 0 amide bonds. The predicted octanol–water partition coefficient (Wildman–Crippen LogP) is 3.81. The highest BCUT2D eigenvalue weighted by molar-refractivity contribution is 5.58. The Balaban J connectivity index is 1.74. The van der Waals surface area contributed by atoms with Gasteiger partial charge < -0.3 is 9.84 Å². The van der Waals surface area contributed by atoms with Crippen LogP contribution >= 0.6 is 0 Å². The molecule has 0 aliphatic heterocycles. The number of hydrogen-bond acceptors (Lipinski definition) is 5. The van der Waals surface area contributed by atoms with Crippen LogP contribution in [0.2, 0.25) is 0 Å². The van der Waals surface area contributed by atoms with Crippen molar-refractivity contribution in [2.24, 2.45) is 0 Å². The minimum atomic E-state index is -0.274. The molecule has 0 fully saturated rings. The molecule has 3 rings (SSSR count). The third-order valence-corrected chi connectivity index (χ3v) is 3.63. The third-order valence-electron chi connectivity index (χ3n) is 3.63. The van der Waals surface area contributed by atoms with Crippen LogP contribution in [0.25, 0.3) is 11.3 Å². The molecule has 2 aromatic heterocycles. The molecule has 118 valence electrons. The lowest BCUT2D eigenvalue weighted by Crippen LogP contribution is -2.06. The van der Waals surface area contributed by atoms with Gasteiger partial charge in [0.25, 0.3) is 0 Å². The topological polar surface area (TPSA) is 63.8 Å². The Hall–Kier alpha value is -2.76. The number of hydrogen-bond donors (Lipinski definition) is 1. The molecule has 0 saturated heterocycles. The van der Waals surface area contributed by atoms with E-state index in [1.807, 2.05) is 26.8 Å². The number of aromatic nitrogens is 3. The Morgan fingerprint density at radius 2 is 1.83 bits per heavy atom. The first kappa shape index (κ1) is 15.1. The molecular weight excluding hydrogens is 295 g/mol. The van der Waals surface area contributed by atoms with Gasteiger partial charge in [-0.25, -0.2) is 14.4 Å². The molecule has 5 nitrogen and oxygen atoms in total. The van der Waals surface area contributed by atoms with E-state index in [9.17, 15) is 4.39 Å². The molecule has 0 saturated carbocycles. The maximum Gasteiger partial charge on any atom is 0.156 e. The van der Waals surface area contributed by atoms with Gasteiger partial charge in [-0.3, -0.25) is 0 Å². The van der Waals surface area contributed by atoms with Crippen LogP contribution in [0.15, 0.2) is 34.9 Å². The van der Waals surface area contributed by atoms with E-state index in [4.69, 9.17) is 4.52 Å². The molecule has 1 N–H and O–H groups in total. The highest BCUT2D eigenvalue weighted by Crippen LogP contribution is 2.21. The largest absolute Gasteiger partial charge is 0.362 e. The maximum absolute atomic E-state index is 13.0. The standard InChI is InChI=1S/C17H17FN4O/c1-10-11(2)20-12(3)21-17(10)19-9-15-8-16(22-23-15)13-4-6-14(18)7-5-13/h4-8H,9H2,1-3H3,(H,19,20,21). The molecule has 6 heteroatoms. The number of aryl methyl sites for hydroxylation is 2. The van der Waals surface area contributed by atoms with Crippen LogP contribution in [-0.2, 0) is 6.54 Å². The summed E-state index contributed by atoms with van der Waals surface area (Å²) in [6, 6.07) is 7.98. The van der Waals surface area contributed by atoms with Gasteiger partial charge in [0.2, 0.25) is 0 Å². The van der Waals surface area contributed by atoms with Crippen molar-refractivity contribution in [2.75, 3.05) is 5.32 Å². The van der Waals surface area contributed by atoms with Gasteiger partial charge in [-0.05, 0) is 45.0 Å². The van der Waals surface area contributed by atoms with E-state index in [1.165, 1.54) is 12.1 Å². The quantitative estimate of drug-likeness (QED) is 0.793. The van der Waals surface area contributed by atoms with Gasteiger partial charge in [0.1, 0.15) is 23.2 Å². The van der Waals surface area contributed by atoms with Crippen molar-refractivity contribution in [1.82, 2.24) is 15.1 Å².